The number of halogens is 1. The van der Waals surface area contributed by atoms with E-state index in [-0.39, 0.29) is 4.21 Å². The highest BCUT2D eigenvalue weighted by Gasteiger charge is 2.15. The van der Waals surface area contributed by atoms with E-state index >= 15 is 0 Å². The van der Waals surface area contributed by atoms with Crippen molar-refractivity contribution in [3.8, 4) is 0 Å². The van der Waals surface area contributed by atoms with E-state index in [1.165, 1.54) is 6.07 Å². The average Bonchev–Trinajstić information content (AvgIpc) is 3.00. The van der Waals surface area contributed by atoms with Crippen molar-refractivity contribution in [2.75, 3.05) is 12.3 Å². The van der Waals surface area contributed by atoms with Gasteiger partial charge in [-0.05, 0) is 18.6 Å². The molecule has 0 radical (unpaired) electrons. The van der Waals surface area contributed by atoms with Crippen molar-refractivity contribution in [3.63, 3.8) is 0 Å². The van der Waals surface area contributed by atoms with Gasteiger partial charge in [-0.2, -0.15) is 0 Å². The van der Waals surface area contributed by atoms with Gasteiger partial charge < -0.3 is 0 Å². The van der Waals surface area contributed by atoms with Crippen molar-refractivity contribution < 1.29 is 8.42 Å². The van der Waals surface area contributed by atoms with E-state index in [0.29, 0.717) is 10.9 Å². The van der Waals surface area contributed by atoms with Gasteiger partial charge in [0, 0.05) is 23.9 Å². The maximum absolute atomic E-state index is 11.9. The number of thioether (sulfide) groups is 1. The van der Waals surface area contributed by atoms with E-state index in [2.05, 4.69) is 9.71 Å². The summed E-state index contributed by atoms with van der Waals surface area (Å²) in [5.41, 5.74) is 0. The molecule has 0 atom stereocenters. The van der Waals surface area contributed by atoms with Crippen LogP contribution >= 0.6 is 46.0 Å². The molecule has 0 unspecified atom stereocenters. The largest absolute Gasteiger partial charge is 0.250 e. The molecule has 0 aliphatic rings. The molecule has 4 nitrogen and oxygen atoms in total. The first-order chi connectivity index (χ1) is 9.08. The summed E-state index contributed by atoms with van der Waals surface area (Å²) in [6.45, 7) is 0.413. The fourth-order valence-corrected chi connectivity index (χ4v) is 5.48. The van der Waals surface area contributed by atoms with Gasteiger partial charge in [0.1, 0.15) is 8.55 Å². The van der Waals surface area contributed by atoms with Crippen LogP contribution in [0.25, 0.3) is 0 Å². The van der Waals surface area contributed by atoms with Gasteiger partial charge in [-0.1, -0.05) is 23.4 Å². The Bertz CT molecular complexity index is 609. The molecule has 0 aliphatic carbocycles. The van der Waals surface area contributed by atoms with Crippen LogP contribution in [-0.4, -0.2) is 25.7 Å². The molecule has 0 aliphatic heterocycles. The molecule has 0 fully saturated rings. The summed E-state index contributed by atoms with van der Waals surface area (Å²) in [5, 5.41) is 1.92. The third kappa shape index (κ3) is 4.73. The number of hydrogen-bond donors (Lipinski definition) is 1. The molecule has 19 heavy (non-hydrogen) atoms. The Kier molecular flexibility index (Phi) is 5.67. The fourth-order valence-electron chi connectivity index (χ4n) is 1.23. The number of nitrogens with one attached hydrogen (secondary N) is 1. The molecule has 2 aromatic heterocycles. The number of aromatic nitrogens is 1. The Morgan fingerprint density at radius 1 is 1.42 bits per heavy atom. The topological polar surface area (TPSA) is 59.1 Å². The van der Waals surface area contributed by atoms with E-state index in [1.807, 2.05) is 5.38 Å². The minimum Gasteiger partial charge on any atom is -0.238 e. The monoisotopic (exact) mass is 354 g/mol. The van der Waals surface area contributed by atoms with Crippen LogP contribution in [0.2, 0.25) is 4.34 Å². The zero-order chi connectivity index (χ0) is 13.7. The predicted molar refractivity (Wildman–Crippen MR) is 82.0 cm³/mol. The van der Waals surface area contributed by atoms with Crippen molar-refractivity contribution in [1.82, 2.24) is 9.71 Å². The lowest BCUT2D eigenvalue weighted by molar-refractivity contribution is 0.583. The summed E-state index contributed by atoms with van der Waals surface area (Å²) in [6, 6.07) is 3.10. The van der Waals surface area contributed by atoms with E-state index in [9.17, 15) is 8.42 Å². The highest BCUT2D eigenvalue weighted by Crippen LogP contribution is 2.25. The van der Waals surface area contributed by atoms with Gasteiger partial charge in [0.25, 0.3) is 0 Å². The molecule has 2 aromatic rings. The summed E-state index contributed by atoms with van der Waals surface area (Å²) >= 11 is 10.0. The molecule has 0 spiro atoms. The van der Waals surface area contributed by atoms with Crippen LogP contribution in [0.1, 0.15) is 6.42 Å². The first kappa shape index (κ1) is 15.3. The molecule has 0 bridgehead atoms. The second-order valence-electron chi connectivity index (χ2n) is 3.46. The molecule has 1 N–H and O–H groups in total. The lowest BCUT2D eigenvalue weighted by Crippen LogP contribution is -2.24. The Balaban J connectivity index is 1.73. The summed E-state index contributed by atoms with van der Waals surface area (Å²) in [5.74, 6) is 0.835. The zero-order valence-electron chi connectivity index (χ0n) is 9.71. The number of rotatable bonds is 7. The Hall–Kier alpha value is -0.120. The fraction of sp³-hybridized carbons (Fsp3) is 0.300. The Morgan fingerprint density at radius 2 is 2.26 bits per heavy atom. The summed E-state index contributed by atoms with van der Waals surface area (Å²) < 4.78 is 28.0. The van der Waals surface area contributed by atoms with Crippen LogP contribution in [-0.2, 0) is 10.0 Å². The first-order valence-corrected chi connectivity index (χ1v) is 9.89. The average molecular weight is 355 g/mol. The van der Waals surface area contributed by atoms with Crippen molar-refractivity contribution >= 4 is 56.1 Å². The second-order valence-corrected chi connectivity index (χ2v) is 9.40. The zero-order valence-corrected chi connectivity index (χ0v) is 13.7. The van der Waals surface area contributed by atoms with Crippen molar-refractivity contribution in [2.24, 2.45) is 0 Å². The van der Waals surface area contributed by atoms with Gasteiger partial charge in [0.2, 0.25) is 10.0 Å². The maximum atomic E-state index is 11.9. The SMILES string of the molecule is O=S(=O)(NCCCSc1nccs1)c1ccc(Cl)s1. The van der Waals surface area contributed by atoms with E-state index in [0.717, 1.165) is 27.9 Å². The molecular weight excluding hydrogens is 344 g/mol. The van der Waals surface area contributed by atoms with E-state index < -0.39 is 10.0 Å². The van der Waals surface area contributed by atoms with Gasteiger partial charge in [-0.15, -0.1) is 22.7 Å². The number of thiazole rings is 1. The highest BCUT2D eigenvalue weighted by molar-refractivity contribution is 8.01. The number of nitrogens with zero attached hydrogens (tertiary/aromatic N) is 1. The van der Waals surface area contributed by atoms with Crippen molar-refractivity contribution in [2.45, 2.75) is 15.0 Å². The predicted octanol–water partition coefficient (Wildman–Crippen LogP) is 3.32. The second kappa shape index (κ2) is 7.05. The molecule has 0 amide bonds. The smallest absolute Gasteiger partial charge is 0.238 e. The number of hydrogen-bond acceptors (Lipinski definition) is 6. The minimum absolute atomic E-state index is 0.255. The van der Waals surface area contributed by atoms with Gasteiger partial charge in [-0.25, -0.2) is 18.1 Å². The molecule has 0 aromatic carbocycles. The van der Waals surface area contributed by atoms with Crippen LogP contribution in [0.15, 0.2) is 32.3 Å². The standard InChI is InChI=1S/C10H11ClN2O2S4/c11-8-2-3-9(18-8)19(14,15)13-4-1-6-16-10-12-5-7-17-10/h2-3,5,7,13H,1,4,6H2. The first-order valence-electron chi connectivity index (χ1n) is 5.35. The highest BCUT2D eigenvalue weighted by atomic mass is 35.5. The quantitative estimate of drug-likeness (QED) is 0.612. The van der Waals surface area contributed by atoms with Crippen LogP contribution in [0.4, 0.5) is 0 Å². The van der Waals surface area contributed by atoms with Crippen molar-refractivity contribution in [3.05, 3.63) is 28.0 Å². The molecule has 2 heterocycles. The maximum Gasteiger partial charge on any atom is 0.250 e. The normalized spacial score (nSPS) is 11.8. The molecular formula is C10H11ClN2O2S4. The van der Waals surface area contributed by atoms with Crippen LogP contribution in [0, 0.1) is 0 Å². The Labute approximate surface area is 129 Å². The van der Waals surface area contributed by atoms with Crippen molar-refractivity contribution in [1.29, 1.82) is 0 Å². The van der Waals surface area contributed by atoms with Gasteiger partial charge >= 0.3 is 0 Å². The number of thiophene rings is 1. The molecule has 0 saturated heterocycles. The lowest BCUT2D eigenvalue weighted by Gasteiger charge is -2.03. The summed E-state index contributed by atoms with van der Waals surface area (Å²) in [4.78, 5) is 4.14. The molecule has 9 heteroatoms. The molecule has 2 rings (SSSR count). The van der Waals surface area contributed by atoms with E-state index in [1.54, 1.807) is 35.4 Å². The third-order valence-corrected chi connectivity index (χ3v) is 7.30. The molecule has 0 saturated carbocycles. The van der Waals surface area contributed by atoms with Crippen LogP contribution < -0.4 is 4.72 Å². The van der Waals surface area contributed by atoms with Crippen LogP contribution in [0.5, 0.6) is 0 Å². The lowest BCUT2D eigenvalue weighted by atomic mass is 10.5. The van der Waals surface area contributed by atoms with E-state index in [4.69, 9.17) is 11.6 Å². The van der Waals surface area contributed by atoms with Gasteiger partial charge in [-0.3, -0.25) is 0 Å². The summed E-state index contributed by atoms with van der Waals surface area (Å²) in [6.07, 6.45) is 2.51. The van der Waals surface area contributed by atoms with Gasteiger partial charge in [0.05, 0.1) is 4.34 Å². The minimum atomic E-state index is -3.41. The van der Waals surface area contributed by atoms with Crippen LogP contribution in [0.3, 0.4) is 0 Å². The van der Waals surface area contributed by atoms with Gasteiger partial charge in [0.15, 0.2) is 0 Å². The summed E-state index contributed by atoms with van der Waals surface area (Å²) in [7, 11) is -3.41. The third-order valence-electron chi connectivity index (χ3n) is 2.06. The molecule has 104 valence electrons. The number of sulfonamides is 1. The Morgan fingerprint density at radius 3 is 2.89 bits per heavy atom.